The van der Waals surface area contributed by atoms with E-state index in [9.17, 15) is 13.2 Å². The van der Waals surface area contributed by atoms with Gasteiger partial charge >= 0.3 is 6.09 Å². The fraction of sp³-hybridized carbons (Fsp3) is 0.333. The van der Waals surface area contributed by atoms with Crippen LogP contribution in [0.15, 0.2) is 67.0 Å². The zero-order valence-electron chi connectivity index (χ0n) is 26.4. The number of benzene rings is 2. The highest BCUT2D eigenvalue weighted by molar-refractivity contribution is 7.74. The van der Waals surface area contributed by atoms with Crippen LogP contribution < -0.4 is 19.7 Å². The fourth-order valence-corrected chi connectivity index (χ4v) is 6.22. The SMILES string of the molecule is Cc1cc(N(c2ccccc2Cl)[SH](=O)=O)cc(F)c1Oc1ncccc1-c1ccnc(NC2CCC(NC(=O)OC(C)(C)C)CC2)n1. The van der Waals surface area contributed by atoms with Crippen LogP contribution in [0.1, 0.15) is 52.0 Å². The number of carbonyl (C=O) groups is 1. The molecule has 5 rings (SSSR count). The topological polar surface area (TPSA) is 136 Å². The molecule has 0 bridgehead atoms. The number of para-hydroxylation sites is 1. The fourth-order valence-electron chi connectivity index (χ4n) is 5.29. The van der Waals surface area contributed by atoms with E-state index < -0.39 is 28.4 Å². The maximum Gasteiger partial charge on any atom is 0.407 e. The third-order valence-electron chi connectivity index (χ3n) is 7.39. The maximum atomic E-state index is 15.6. The summed E-state index contributed by atoms with van der Waals surface area (Å²) in [6.07, 6.45) is 5.89. The van der Waals surface area contributed by atoms with Gasteiger partial charge < -0.3 is 20.1 Å². The number of nitrogens with zero attached hydrogens (tertiary/aromatic N) is 4. The molecule has 0 unspecified atom stereocenters. The maximum absolute atomic E-state index is 15.6. The first-order chi connectivity index (χ1) is 22.4. The summed E-state index contributed by atoms with van der Waals surface area (Å²) in [6.45, 7) is 7.10. The molecule has 0 atom stereocenters. The Balaban J connectivity index is 1.30. The average Bonchev–Trinajstić information content (AvgIpc) is 3.00. The van der Waals surface area contributed by atoms with Crippen LogP contribution in [0.2, 0.25) is 5.02 Å². The Kier molecular flexibility index (Phi) is 10.5. The molecule has 47 heavy (non-hydrogen) atoms. The van der Waals surface area contributed by atoms with Gasteiger partial charge in [0.25, 0.3) is 0 Å². The summed E-state index contributed by atoms with van der Waals surface area (Å²) in [5.74, 6) is -0.372. The standard InChI is InChI=1S/C33H36ClFN6O5S/c1-20-18-23(41(47(43)44)28-10-6-5-9-25(28)34)19-26(35)29(20)45-30-24(8-7-16-36-30)27-15-17-37-31(40-27)38-21-11-13-22(14-12-21)39-32(42)46-33(2,3)4/h5-10,15-19,21-22,47H,11-14H2,1-4H3,(H,39,42)(H,37,38,40). The second-order valence-electron chi connectivity index (χ2n) is 12.1. The van der Waals surface area contributed by atoms with Gasteiger partial charge in [-0.1, -0.05) is 23.7 Å². The Morgan fingerprint density at radius 3 is 2.40 bits per heavy atom. The van der Waals surface area contributed by atoms with Gasteiger partial charge in [0.1, 0.15) is 5.60 Å². The summed E-state index contributed by atoms with van der Waals surface area (Å²) in [5, 5.41) is 6.53. The normalized spacial score (nSPS) is 16.4. The largest absolute Gasteiger partial charge is 0.444 e. The number of hydrogen-bond donors (Lipinski definition) is 3. The molecule has 1 amide bonds. The van der Waals surface area contributed by atoms with E-state index in [0.717, 1.165) is 36.1 Å². The highest BCUT2D eigenvalue weighted by Gasteiger charge is 2.26. The van der Waals surface area contributed by atoms with Crippen LogP contribution in [-0.4, -0.2) is 47.1 Å². The van der Waals surface area contributed by atoms with Crippen LogP contribution in [0.25, 0.3) is 11.3 Å². The van der Waals surface area contributed by atoms with Crippen LogP contribution in [-0.2, 0) is 15.6 Å². The molecule has 0 saturated heterocycles. The van der Waals surface area contributed by atoms with Crippen molar-refractivity contribution < 1.29 is 27.1 Å². The molecule has 248 valence electrons. The van der Waals surface area contributed by atoms with Crippen molar-refractivity contribution in [3.05, 3.63) is 83.4 Å². The number of ether oxygens (including phenoxy) is 2. The predicted molar refractivity (Wildman–Crippen MR) is 179 cm³/mol. The van der Waals surface area contributed by atoms with E-state index in [2.05, 4.69) is 25.6 Å². The van der Waals surface area contributed by atoms with Gasteiger partial charge in [-0.25, -0.2) is 36.9 Å². The highest BCUT2D eigenvalue weighted by atomic mass is 35.5. The summed E-state index contributed by atoms with van der Waals surface area (Å²) in [4.78, 5) is 25.5. The van der Waals surface area contributed by atoms with Crippen LogP contribution in [0.4, 0.5) is 26.5 Å². The van der Waals surface area contributed by atoms with Crippen molar-refractivity contribution in [3.63, 3.8) is 0 Å². The lowest BCUT2D eigenvalue weighted by atomic mass is 9.91. The Morgan fingerprint density at radius 2 is 1.72 bits per heavy atom. The third kappa shape index (κ3) is 8.66. The van der Waals surface area contributed by atoms with Crippen molar-refractivity contribution in [2.24, 2.45) is 0 Å². The predicted octanol–water partition coefficient (Wildman–Crippen LogP) is 7.34. The van der Waals surface area contributed by atoms with Gasteiger partial charge in [0, 0.05) is 30.5 Å². The van der Waals surface area contributed by atoms with Crippen molar-refractivity contribution in [3.8, 4) is 22.9 Å². The van der Waals surface area contributed by atoms with Crippen LogP contribution >= 0.6 is 11.6 Å². The number of pyridine rings is 1. The summed E-state index contributed by atoms with van der Waals surface area (Å²) in [7, 11) is -3.18. The minimum atomic E-state index is -3.18. The molecule has 11 nitrogen and oxygen atoms in total. The monoisotopic (exact) mass is 682 g/mol. The Labute approximate surface area is 279 Å². The first-order valence-corrected chi connectivity index (χ1v) is 16.6. The zero-order chi connectivity index (χ0) is 33.7. The van der Waals surface area contributed by atoms with Crippen LogP contribution in [0, 0.1) is 12.7 Å². The van der Waals surface area contributed by atoms with E-state index in [-0.39, 0.29) is 40.1 Å². The van der Waals surface area contributed by atoms with Gasteiger partial charge in [0.2, 0.25) is 22.7 Å². The van der Waals surface area contributed by atoms with E-state index in [1.165, 1.54) is 18.3 Å². The molecule has 2 aromatic heterocycles. The van der Waals surface area contributed by atoms with Gasteiger partial charge in [0.05, 0.1) is 27.7 Å². The molecule has 0 radical (unpaired) electrons. The summed E-state index contributed by atoms with van der Waals surface area (Å²) >= 11 is 6.24. The lowest BCUT2D eigenvalue weighted by molar-refractivity contribution is 0.0492. The first kappa shape index (κ1) is 33.9. The molecule has 1 aliphatic rings. The van der Waals surface area contributed by atoms with Crippen LogP contribution in [0.5, 0.6) is 11.6 Å². The smallest absolute Gasteiger partial charge is 0.407 e. The number of thiol groups is 1. The van der Waals surface area contributed by atoms with Gasteiger partial charge in [-0.3, -0.25) is 0 Å². The second-order valence-corrected chi connectivity index (χ2v) is 13.4. The lowest BCUT2D eigenvalue weighted by Gasteiger charge is -2.30. The number of aromatic nitrogens is 3. The molecule has 4 aromatic rings. The van der Waals surface area contributed by atoms with Gasteiger partial charge in [0.15, 0.2) is 11.6 Å². The van der Waals surface area contributed by atoms with E-state index in [1.54, 1.807) is 49.5 Å². The summed E-state index contributed by atoms with van der Waals surface area (Å²) in [6, 6.07) is 14.3. The molecule has 2 N–H and O–H groups in total. The van der Waals surface area contributed by atoms with Crippen molar-refractivity contribution in [1.82, 2.24) is 20.3 Å². The molecule has 1 aliphatic carbocycles. The quantitative estimate of drug-likeness (QED) is 0.155. The number of halogens is 2. The molecular formula is C33H36ClFN6O5S. The number of hydrogen-bond acceptors (Lipinski definition) is 9. The Bertz CT molecular complexity index is 1800. The number of alkyl carbamates (subject to hydrolysis) is 1. The average molecular weight is 683 g/mol. The molecule has 0 spiro atoms. The summed E-state index contributed by atoms with van der Waals surface area (Å²) in [5.41, 5.74) is 1.07. The van der Waals surface area contributed by atoms with Crippen molar-refractivity contribution in [1.29, 1.82) is 0 Å². The van der Waals surface area contributed by atoms with Crippen molar-refractivity contribution >= 4 is 45.9 Å². The highest BCUT2D eigenvalue weighted by Crippen LogP contribution is 2.38. The number of nitrogens with one attached hydrogen (secondary N) is 2. The zero-order valence-corrected chi connectivity index (χ0v) is 28.0. The Morgan fingerprint density at radius 1 is 1.00 bits per heavy atom. The number of aryl methyl sites for hydroxylation is 1. The van der Waals surface area contributed by atoms with Crippen molar-refractivity contribution in [2.45, 2.75) is 71.1 Å². The molecule has 1 fully saturated rings. The van der Waals surface area contributed by atoms with Gasteiger partial charge in [-0.2, -0.15) is 0 Å². The number of anilines is 3. The van der Waals surface area contributed by atoms with Crippen molar-refractivity contribution in [2.75, 3.05) is 9.62 Å². The minimum Gasteiger partial charge on any atom is -0.444 e. The molecule has 14 heteroatoms. The van der Waals surface area contributed by atoms with Gasteiger partial charge in [-0.15, -0.1) is 0 Å². The molecule has 0 aliphatic heterocycles. The van der Waals surface area contributed by atoms with Gasteiger partial charge in [-0.05, 0) is 95.3 Å². The van der Waals surface area contributed by atoms with E-state index >= 15 is 4.39 Å². The first-order valence-electron chi connectivity index (χ1n) is 15.1. The molecule has 2 aromatic carbocycles. The number of amides is 1. The van der Waals surface area contributed by atoms with Crippen LogP contribution in [0.3, 0.4) is 0 Å². The van der Waals surface area contributed by atoms with E-state index in [0.29, 0.717) is 22.8 Å². The molecular weight excluding hydrogens is 647 g/mol. The third-order valence-corrected chi connectivity index (χ3v) is 8.48. The summed E-state index contributed by atoms with van der Waals surface area (Å²) < 4.78 is 52.3. The number of rotatable bonds is 9. The minimum absolute atomic E-state index is 0.0328. The Hall–Kier alpha value is -4.49. The number of carbonyl (C=O) groups excluding carboxylic acids is 1. The molecule has 2 heterocycles. The lowest BCUT2D eigenvalue weighted by Crippen LogP contribution is -2.42. The molecule has 1 saturated carbocycles. The van der Waals surface area contributed by atoms with E-state index in [1.807, 2.05) is 20.8 Å². The second kappa shape index (κ2) is 14.5. The van der Waals surface area contributed by atoms with E-state index in [4.69, 9.17) is 21.1 Å².